The maximum Gasteiger partial charge on any atom is 0.410 e. The molecule has 36 heavy (non-hydrogen) atoms. The molecule has 0 radical (unpaired) electrons. The van der Waals surface area contributed by atoms with E-state index in [1.165, 1.54) is 22.8 Å². The Bertz CT molecular complexity index is 1400. The number of amides is 1. The van der Waals surface area contributed by atoms with Crippen molar-refractivity contribution in [1.82, 2.24) is 19.7 Å². The van der Waals surface area contributed by atoms with Crippen LogP contribution in [0, 0.1) is 6.92 Å². The van der Waals surface area contributed by atoms with Crippen LogP contribution < -0.4 is 10.3 Å². The minimum Gasteiger partial charge on any atom is -0.487 e. The average Bonchev–Trinajstić information content (AvgIpc) is 3.19. The Morgan fingerprint density at radius 2 is 1.92 bits per heavy atom. The highest BCUT2D eigenvalue weighted by molar-refractivity contribution is 5.82. The molecule has 186 valence electrons. The van der Waals surface area contributed by atoms with E-state index in [1.54, 1.807) is 21.7 Å². The van der Waals surface area contributed by atoms with E-state index in [2.05, 4.69) is 22.3 Å². The molecule has 3 heterocycles. The van der Waals surface area contributed by atoms with Gasteiger partial charge in [-0.15, -0.1) is 0 Å². The number of ether oxygens (including phenoxy) is 2. The van der Waals surface area contributed by atoms with E-state index in [-0.39, 0.29) is 18.3 Å². The molecule has 2 aliphatic rings. The molecule has 0 saturated carbocycles. The van der Waals surface area contributed by atoms with Gasteiger partial charge in [-0.25, -0.2) is 4.79 Å². The molecular formula is C28H30N4O4. The summed E-state index contributed by atoms with van der Waals surface area (Å²) in [6, 6.07) is 13.1. The van der Waals surface area contributed by atoms with Crippen molar-refractivity contribution in [3.63, 3.8) is 0 Å². The maximum absolute atomic E-state index is 12.9. The minimum atomic E-state index is -0.517. The molecule has 0 fully saturated rings. The van der Waals surface area contributed by atoms with Gasteiger partial charge in [0.15, 0.2) is 0 Å². The van der Waals surface area contributed by atoms with Crippen LogP contribution in [0.3, 0.4) is 0 Å². The molecule has 0 saturated heterocycles. The van der Waals surface area contributed by atoms with E-state index in [4.69, 9.17) is 9.47 Å². The first kappa shape index (κ1) is 23.8. The molecule has 1 aromatic carbocycles. The molecule has 0 spiro atoms. The Labute approximate surface area is 210 Å². The standard InChI is InChI=1S/C28H30N4O4/c1-18-5-6-21(30-29-18)17-35-23-10-12-32(26(33)15-23)22-7-8-24-20(14-22)13-19-9-11-31(16-25(19)24)27(34)36-28(2,3)4/h5-8,10,12,14-15H,9,11,13,16-17H2,1-4H3. The van der Waals surface area contributed by atoms with Crippen LogP contribution in [-0.4, -0.2) is 44.4 Å². The van der Waals surface area contributed by atoms with Crippen LogP contribution >= 0.6 is 0 Å². The summed E-state index contributed by atoms with van der Waals surface area (Å²) in [7, 11) is 0. The summed E-state index contributed by atoms with van der Waals surface area (Å²) < 4.78 is 12.9. The summed E-state index contributed by atoms with van der Waals surface area (Å²) in [5.41, 5.74) is 6.53. The van der Waals surface area contributed by atoms with E-state index in [9.17, 15) is 9.59 Å². The summed E-state index contributed by atoms with van der Waals surface area (Å²) >= 11 is 0. The monoisotopic (exact) mass is 486 g/mol. The number of pyridine rings is 1. The molecule has 8 nitrogen and oxygen atoms in total. The van der Waals surface area contributed by atoms with Gasteiger partial charge in [-0.3, -0.25) is 9.36 Å². The van der Waals surface area contributed by atoms with Crippen LogP contribution in [0.15, 0.2) is 59.0 Å². The molecule has 8 heteroatoms. The molecule has 0 atom stereocenters. The average molecular weight is 487 g/mol. The van der Waals surface area contributed by atoms with E-state index in [0.717, 1.165) is 29.8 Å². The molecule has 5 rings (SSSR count). The van der Waals surface area contributed by atoms with Crippen molar-refractivity contribution in [3.05, 3.63) is 87.1 Å². The molecule has 0 bridgehead atoms. The SMILES string of the molecule is Cc1ccc(COc2ccn(-c3ccc4c(c3)CC3=C4CN(C(=O)OC(C)(C)C)CC3)c(=O)c2)nn1. The van der Waals surface area contributed by atoms with Crippen molar-refractivity contribution in [2.24, 2.45) is 0 Å². The Hall–Kier alpha value is -3.94. The number of hydrogen-bond acceptors (Lipinski definition) is 6. The zero-order chi connectivity index (χ0) is 25.4. The fourth-order valence-corrected chi connectivity index (χ4v) is 4.58. The van der Waals surface area contributed by atoms with Crippen molar-refractivity contribution >= 4 is 11.7 Å². The lowest BCUT2D eigenvalue weighted by Gasteiger charge is -2.31. The first-order valence-electron chi connectivity index (χ1n) is 12.1. The van der Waals surface area contributed by atoms with Gasteiger partial charge in [-0.1, -0.05) is 11.6 Å². The predicted octanol–water partition coefficient (Wildman–Crippen LogP) is 4.47. The van der Waals surface area contributed by atoms with Gasteiger partial charge in [-0.2, -0.15) is 10.2 Å². The third-order valence-electron chi connectivity index (χ3n) is 6.34. The first-order valence-corrected chi connectivity index (χ1v) is 12.1. The van der Waals surface area contributed by atoms with Crippen molar-refractivity contribution in [1.29, 1.82) is 0 Å². The number of rotatable bonds is 4. The number of carbonyl (C=O) groups is 1. The van der Waals surface area contributed by atoms with Crippen molar-refractivity contribution in [2.75, 3.05) is 13.1 Å². The number of carbonyl (C=O) groups excluding carboxylic acids is 1. The summed E-state index contributed by atoms with van der Waals surface area (Å²) in [4.78, 5) is 27.2. The normalized spacial score (nSPS) is 14.9. The largest absolute Gasteiger partial charge is 0.487 e. The van der Waals surface area contributed by atoms with Gasteiger partial charge >= 0.3 is 6.09 Å². The quantitative estimate of drug-likeness (QED) is 0.541. The van der Waals surface area contributed by atoms with Crippen molar-refractivity contribution in [2.45, 2.75) is 52.7 Å². The minimum absolute atomic E-state index is 0.172. The molecule has 1 aliphatic heterocycles. The van der Waals surface area contributed by atoms with Gasteiger partial charge in [0.05, 0.1) is 5.69 Å². The van der Waals surface area contributed by atoms with Crippen LogP contribution in [0.25, 0.3) is 11.3 Å². The Kier molecular flexibility index (Phi) is 6.12. The molecule has 1 amide bonds. The molecule has 0 unspecified atom stereocenters. The van der Waals surface area contributed by atoms with Gasteiger partial charge < -0.3 is 14.4 Å². The Morgan fingerprint density at radius 1 is 1.08 bits per heavy atom. The van der Waals surface area contributed by atoms with Gasteiger partial charge in [0.2, 0.25) is 0 Å². The molecule has 1 aliphatic carbocycles. The van der Waals surface area contributed by atoms with Gasteiger partial charge in [-0.05, 0) is 87.6 Å². The van der Waals surface area contributed by atoms with Gasteiger partial charge in [0.1, 0.15) is 23.7 Å². The van der Waals surface area contributed by atoms with Crippen LogP contribution in [0.4, 0.5) is 4.79 Å². The fraction of sp³-hybridized carbons (Fsp3) is 0.357. The smallest absolute Gasteiger partial charge is 0.410 e. The van der Waals surface area contributed by atoms with Crippen LogP contribution in [-0.2, 0) is 17.8 Å². The zero-order valence-electron chi connectivity index (χ0n) is 21.1. The summed E-state index contributed by atoms with van der Waals surface area (Å²) in [6.07, 6.45) is 3.12. The number of aryl methyl sites for hydroxylation is 1. The van der Waals surface area contributed by atoms with E-state index < -0.39 is 5.60 Å². The van der Waals surface area contributed by atoms with Crippen LogP contribution in [0.5, 0.6) is 5.75 Å². The third kappa shape index (κ3) is 5.03. The lowest BCUT2D eigenvalue weighted by atomic mass is 10.0. The van der Waals surface area contributed by atoms with Gasteiger partial charge in [0, 0.05) is 31.0 Å². The highest BCUT2D eigenvalue weighted by Gasteiger charge is 2.31. The highest BCUT2D eigenvalue weighted by Crippen LogP contribution is 2.38. The first-order chi connectivity index (χ1) is 17.2. The topological polar surface area (TPSA) is 86.5 Å². The maximum atomic E-state index is 12.9. The van der Waals surface area contributed by atoms with E-state index in [1.807, 2.05) is 45.9 Å². The van der Waals surface area contributed by atoms with Crippen molar-refractivity contribution < 1.29 is 14.3 Å². The zero-order valence-corrected chi connectivity index (χ0v) is 21.1. The summed E-state index contributed by atoms with van der Waals surface area (Å²) in [5, 5.41) is 8.10. The van der Waals surface area contributed by atoms with Crippen molar-refractivity contribution in [3.8, 4) is 11.4 Å². The molecular weight excluding hydrogens is 456 g/mol. The van der Waals surface area contributed by atoms with E-state index >= 15 is 0 Å². The lowest BCUT2D eigenvalue weighted by Crippen LogP contribution is -2.40. The number of benzene rings is 1. The number of aromatic nitrogens is 3. The van der Waals surface area contributed by atoms with Crippen LogP contribution in [0.2, 0.25) is 0 Å². The number of nitrogens with zero attached hydrogens (tertiary/aromatic N) is 4. The highest BCUT2D eigenvalue weighted by atomic mass is 16.6. The fourth-order valence-electron chi connectivity index (χ4n) is 4.58. The second-order valence-corrected chi connectivity index (χ2v) is 10.3. The third-order valence-corrected chi connectivity index (χ3v) is 6.34. The second-order valence-electron chi connectivity index (χ2n) is 10.3. The molecule has 3 aromatic rings. The molecule has 0 N–H and O–H groups in total. The summed E-state index contributed by atoms with van der Waals surface area (Å²) in [5.74, 6) is 0.485. The number of hydrogen-bond donors (Lipinski definition) is 0. The predicted molar refractivity (Wildman–Crippen MR) is 136 cm³/mol. The Balaban J connectivity index is 1.30. The lowest BCUT2D eigenvalue weighted by molar-refractivity contribution is 0.0271. The van der Waals surface area contributed by atoms with E-state index in [0.29, 0.717) is 24.5 Å². The second kappa shape index (κ2) is 9.26. The van der Waals surface area contributed by atoms with Gasteiger partial charge in [0.25, 0.3) is 5.56 Å². The number of fused-ring (bicyclic) bond motifs is 2. The summed E-state index contributed by atoms with van der Waals surface area (Å²) in [6.45, 7) is 8.97. The molecule has 2 aromatic heterocycles. The van der Waals surface area contributed by atoms with Crippen LogP contribution in [0.1, 0.15) is 49.7 Å². The Morgan fingerprint density at radius 3 is 2.64 bits per heavy atom.